The summed E-state index contributed by atoms with van der Waals surface area (Å²) in [7, 11) is 0. The summed E-state index contributed by atoms with van der Waals surface area (Å²) in [4.78, 5) is 19.9. The van der Waals surface area contributed by atoms with Crippen molar-refractivity contribution in [2.75, 3.05) is 23.9 Å². The second-order valence-corrected chi connectivity index (χ2v) is 3.30. The maximum absolute atomic E-state index is 11.4. The third-order valence-corrected chi connectivity index (χ3v) is 2.01. The van der Waals surface area contributed by atoms with Crippen LogP contribution in [0.1, 0.15) is 13.3 Å². The highest BCUT2D eigenvalue weighted by Crippen LogP contribution is 2.03. The molecule has 1 aromatic heterocycles. The molecule has 0 spiro atoms. The number of hydrogen-bond acceptors (Lipinski definition) is 3. The van der Waals surface area contributed by atoms with Crippen LogP contribution in [0, 0.1) is 0 Å². The number of anilines is 1. The highest BCUT2D eigenvalue weighted by molar-refractivity contribution is 6.18. The fraction of sp³-hybridized carbons (Fsp3) is 0.556. The first-order valence-electron chi connectivity index (χ1n) is 4.64. The maximum Gasteiger partial charge on any atom is 0.290 e. The maximum atomic E-state index is 11.4. The Balaban J connectivity index is 2.87. The van der Waals surface area contributed by atoms with Gasteiger partial charge < -0.3 is 9.88 Å². The van der Waals surface area contributed by atoms with E-state index in [0.29, 0.717) is 18.2 Å². The summed E-state index contributed by atoms with van der Waals surface area (Å²) in [6, 6.07) is 0. The van der Waals surface area contributed by atoms with Crippen LogP contribution < -0.4 is 10.5 Å². The Kier molecular flexibility index (Phi) is 4.46. The molecule has 0 atom stereocenters. The van der Waals surface area contributed by atoms with Crippen LogP contribution in [-0.2, 0) is 0 Å². The van der Waals surface area contributed by atoms with Crippen molar-refractivity contribution in [1.82, 2.24) is 9.97 Å². The Hall–Kier alpha value is -1.03. The zero-order valence-electron chi connectivity index (χ0n) is 8.16. The number of nitrogens with zero attached hydrogens (tertiary/aromatic N) is 2. The van der Waals surface area contributed by atoms with Gasteiger partial charge in [-0.1, -0.05) is 6.92 Å². The monoisotopic (exact) mass is 215 g/mol. The molecule has 0 saturated carbocycles. The van der Waals surface area contributed by atoms with Crippen LogP contribution in [0.5, 0.6) is 0 Å². The Morgan fingerprint density at radius 1 is 1.57 bits per heavy atom. The lowest BCUT2D eigenvalue weighted by Crippen LogP contribution is -2.32. The second kappa shape index (κ2) is 5.65. The number of aromatic nitrogens is 2. The van der Waals surface area contributed by atoms with Crippen molar-refractivity contribution < 1.29 is 0 Å². The van der Waals surface area contributed by atoms with E-state index in [4.69, 9.17) is 11.6 Å². The fourth-order valence-electron chi connectivity index (χ4n) is 1.26. The molecule has 0 fully saturated rings. The van der Waals surface area contributed by atoms with Crippen LogP contribution in [-0.4, -0.2) is 28.9 Å². The van der Waals surface area contributed by atoms with Gasteiger partial charge in [0.25, 0.3) is 5.56 Å². The van der Waals surface area contributed by atoms with Crippen molar-refractivity contribution in [3.05, 3.63) is 22.7 Å². The van der Waals surface area contributed by atoms with Gasteiger partial charge >= 0.3 is 0 Å². The van der Waals surface area contributed by atoms with Gasteiger partial charge in [0.2, 0.25) is 0 Å². The predicted molar refractivity (Wildman–Crippen MR) is 58.1 cm³/mol. The van der Waals surface area contributed by atoms with E-state index in [9.17, 15) is 4.79 Å². The average Bonchev–Trinajstić information content (AvgIpc) is 2.18. The van der Waals surface area contributed by atoms with Crippen LogP contribution >= 0.6 is 11.6 Å². The molecule has 0 unspecified atom stereocenters. The van der Waals surface area contributed by atoms with Gasteiger partial charge in [-0.15, -0.1) is 11.6 Å². The number of rotatable bonds is 5. The molecule has 0 aliphatic heterocycles. The number of H-pyrrole nitrogens is 1. The van der Waals surface area contributed by atoms with Gasteiger partial charge in [0.15, 0.2) is 5.82 Å². The summed E-state index contributed by atoms with van der Waals surface area (Å²) >= 11 is 5.65. The van der Waals surface area contributed by atoms with E-state index in [-0.39, 0.29) is 5.56 Å². The summed E-state index contributed by atoms with van der Waals surface area (Å²) in [5, 5.41) is 0. The summed E-state index contributed by atoms with van der Waals surface area (Å²) < 4.78 is 0. The van der Waals surface area contributed by atoms with Crippen molar-refractivity contribution in [2.45, 2.75) is 13.3 Å². The van der Waals surface area contributed by atoms with E-state index in [2.05, 4.69) is 16.9 Å². The van der Waals surface area contributed by atoms with Gasteiger partial charge in [0.1, 0.15) is 0 Å². The molecule has 1 heterocycles. The first-order valence-corrected chi connectivity index (χ1v) is 5.17. The second-order valence-electron chi connectivity index (χ2n) is 2.92. The van der Waals surface area contributed by atoms with Crippen LogP contribution in [0.15, 0.2) is 17.2 Å². The first kappa shape index (κ1) is 11.0. The third-order valence-electron chi connectivity index (χ3n) is 1.84. The summed E-state index contributed by atoms with van der Waals surface area (Å²) in [5.41, 5.74) is -0.161. The summed E-state index contributed by atoms with van der Waals surface area (Å²) in [6.45, 7) is 3.50. The highest BCUT2D eigenvalue weighted by Gasteiger charge is 2.09. The molecule has 78 valence electrons. The van der Waals surface area contributed by atoms with Crippen molar-refractivity contribution in [3.8, 4) is 0 Å². The molecule has 0 bridgehead atoms. The molecule has 0 aromatic carbocycles. The van der Waals surface area contributed by atoms with Crippen LogP contribution in [0.4, 0.5) is 5.82 Å². The van der Waals surface area contributed by atoms with Crippen molar-refractivity contribution in [3.63, 3.8) is 0 Å². The summed E-state index contributed by atoms with van der Waals surface area (Å²) in [6.07, 6.45) is 4.07. The molecular formula is C9H14ClN3O. The number of alkyl halides is 1. The third kappa shape index (κ3) is 2.73. The smallest absolute Gasteiger partial charge is 0.290 e. The van der Waals surface area contributed by atoms with Crippen molar-refractivity contribution in [2.24, 2.45) is 0 Å². The van der Waals surface area contributed by atoms with Gasteiger partial charge in [0, 0.05) is 31.4 Å². The standard InChI is InChI=1S/C9H14ClN3O/c1-2-6-13(7-3-10)8-9(14)12-5-4-11-8/h4-5H,2-3,6-7H2,1H3,(H,12,14). The SMILES string of the molecule is CCCN(CCCl)c1ncc[nH]c1=O. The molecule has 0 aliphatic rings. The molecule has 0 radical (unpaired) electrons. The molecular weight excluding hydrogens is 202 g/mol. The number of halogens is 1. The summed E-state index contributed by atoms with van der Waals surface area (Å²) in [5.74, 6) is 0.950. The zero-order valence-corrected chi connectivity index (χ0v) is 8.92. The normalized spacial score (nSPS) is 10.1. The van der Waals surface area contributed by atoms with E-state index in [0.717, 1.165) is 13.0 Å². The fourth-order valence-corrected chi connectivity index (χ4v) is 1.47. The lowest BCUT2D eigenvalue weighted by molar-refractivity contribution is 0.772. The van der Waals surface area contributed by atoms with Gasteiger partial charge in [-0.25, -0.2) is 4.98 Å². The molecule has 14 heavy (non-hydrogen) atoms. The Morgan fingerprint density at radius 3 is 2.93 bits per heavy atom. The molecule has 0 amide bonds. The van der Waals surface area contributed by atoms with Gasteiger partial charge in [0.05, 0.1) is 0 Å². The van der Waals surface area contributed by atoms with Gasteiger partial charge in [-0.3, -0.25) is 4.79 Å². The Bertz CT molecular complexity index is 320. The van der Waals surface area contributed by atoms with E-state index >= 15 is 0 Å². The predicted octanol–water partition coefficient (Wildman–Crippen LogP) is 1.23. The Morgan fingerprint density at radius 2 is 2.36 bits per heavy atom. The molecule has 1 N–H and O–H groups in total. The van der Waals surface area contributed by atoms with Crippen LogP contribution in [0.3, 0.4) is 0 Å². The minimum Gasteiger partial charge on any atom is -0.351 e. The molecule has 4 nitrogen and oxygen atoms in total. The van der Waals surface area contributed by atoms with Gasteiger partial charge in [-0.2, -0.15) is 0 Å². The topological polar surface area (TPSA) is 49.0 Å². The average molecular weight is 216 g/mol. The number of nitrogens with one attached hydrogen (secondary N) is 1. The minimum atomic E-state index is -0.161. The molecule has 1 aromatic rings. The van der Waals surface area contributed by atoms with Crippen LogP contribution in [0.25, 0.3) is 0 Å². The number of hydrogen-bond donors (Lipinski definition) is 1. The Labute approximate surface area is 87.9 Å². The van der Waals surface area contributed by atoms with Crippen molar-refractivity contribution >= 4 is 17.4 Å². The molecule has 0 aliphatic carbocycles. The first-order chi connectivity index (χ1) is 6.79. The van der Waals surface area contributed by atoms with E-state index in [1.807, 2.05) is 4.90 Å². The minimum absolute atomic E-state index is 0.161. The van der Waals surface area contributed by atoms with Crippen LogP contribution in [0.2, 0.25) is 0 Å². The van der Waals surface area contributed by atoms with E-state index in [1.165, 1.54) is 6.20 Å². The molecule has 5 heteroatoms. The van der Waals surface area contributed by atoms with E-state index in [1.54, 1.807) is 6.20 Å². The van der Waals surface area contributed by atoms with E-state index < -0.39 is 0 Å². The quantitative estimate of drug-likeness (QED) is 0.752. The lowest BCUT2D eigenvalue weighted by Gasteiger charge is -2.20. The van der Waals surface area contributed by atoms with Crippen molar-refractivity contribution in [1.29, 1.82) is 0 Å². The molecule has 1 rings (SSSR count). The van der Waals surface area contributed by atoms with Gasteiger partial charge in [-0.05, 0) is 6.42 Å². The lowest BCUT2D eigenvalue weighted by atomic mass is 10.4. The highest BCUT2D eigenvalue weighted by atomic mass is 35.5. The molecule has 0 saturated heterocycles. The largest absolute Gasteiger partial charge is 0.351 e. The zero-order chi connectivity index (χ0) is 10.4. The number of aromatic amines is 1.